The van der Waals surface area contributed by atoms with Gasteiger partial charge >= 0.3 is 17.9 Å². The highest BCUT2D eigenvalue weighted by Gasteiger charge is 2.64. The molecule has 4 fully saturated rings. The maximum atomic E-state index is 12.8. The van der Waals surface area contributed by atoms with Gasteiger partial charge in [-0.05, 0) is 70.6 Å². The molecular weight excluding hydrogens is 336 g/mol. The molecule has 2 unspecified atom stereocenters. The molecule has 26 heavy (non-hydrogen) atoms. The van der Waals surface area contributed by atoms with Crippen LogP contribution in [0.1, 0.15) is 65.7 Å². The van der Waals surface area contributed by atoms with E-state index in [4.69, 9.17) is 9.47 Å². The number of carboxylic acid groups (broad SMARTS) is 1. The molecule has 0 aromatic rings. The molecule has 0 radical (unpaired) electrons. The molecule has 0 spiro atoms. The molecule has 2 atom stereocenters. The van der Waals surface area contributed by atoms with Crippen LogP contribution >= 0.6 is 0 Å². The van der Waals surface area contributed by atoms with Crippen LogP contribution in [-0.4, -0.2) is 36.2 Å². The van der Waals surface area contributed by atoms with Gasteiger partial charge in [-0.25, -0.2) is 0 Å². The summed E-state index contributed by atoms with van der Waals surface area (Å²) in [6.07, 6.45) is 4.96. The number of aliphatic carboxylic acids is 1. The fourth-order valence-electron chi connectivity index (χ4n) is 5.51. The molecule has 0 amide bonds. The Hall–Kier alpha value is -1.59. The third-order valence-electron chi connectivity index (χ3n) is 6.93. The lowest BCUT2D eigenvalue weighted by atomic mass is 9.44. The maximum Gasteiger partial charge on any atom is 0.312 e. The Morgan fingerprint density at radius 1 is 1.00 bits per heavy atom. The summed E-state index contributed by atoms with van der Waals surface area (Å²) in [5.74, 6) is -0.746. The summed E-state index contributed by atoms with van der Waals surface area (Å²) >= 11 is 0. The summed E-state index contributed by atoms with van der Waals surface area (Å²) < 4.78 is 10.7. The van der Waals surface area contributed by atoms with Crippen LogP contribution in [0.15, 0.2) is 0 Å². The van der Waals surface area contributed by atoms with Gasteiger partial charge in [0.05, 0.1) is 16.2 Å². The molecule has 4 rings (SSSR count). The number of rotatable bonds is 7. The average Bonchev–Trinajstić information content (AvgIpc) is 2.56. The number of ether oxygens (including phenoxy) is 2. The zero-order valence-electron chi connectivity index (χ0n) is 16.0. The fraction of sp³-hybridized carbons (Fsp3) is 0.850. The molecule has 0 aliphatic heterocycles. The lowest BCUT2D eigenvalue weighted by Crippen LogP contribution is -2.58. The lowest BCUT2D eigenvalue weighted by Gasteiger charge is -2.59. The topological polar surface area (TPSA) is 89.9 Å². The van der Waals surface area contributed by atoms with Crippen LogP contribution in [0.4, 0.5) is 0 Å². The van der Waals surface area contributed by atoms with E-state index in [1.165, 1.54) is 0 Å². The molecule has 1 N–H and O–H groups in total. The predicted molar refractivity (Wildman–Crippen MR) is 93.2 cm³/mol. The van der Waals surface area contributed by atoms with E-state index in [2.05, 4.69) is 0 Å². The third-order valence-corrected chi connectivity index (χ3v) is 6.93. The molecule has 0 aromatic carbocycles. The van der Waals surface area contributed by atoms with Crippen LogP contribution in [0.5, 0.6) is 0 Å². The van der Waals surface area contributed by atoms with E-state index < -0.39 is 22.2 Å². The SMILES string of the molecule is CCC(C)(C)C(=O)OCCOC(=O)C12CC3CC(CC(C(=O)O)(C3)C1)C2. The van der Waals surface area contributed by atoms with Crippen molar-refractivity contribution in [1.29, 1.82) is 0 Å². The van der Waals surface area contributed by atoms with Crippen molar-refractivity contribution in [2.75, 3.05) is 13.2 Å². The number of hydrogen-bond acceptors (Lipinski definition) is 5. The second-order valence-electron chi connectivity index (χ2n) is 9.34. The van der Waals surface area contributed by atoms with E-state index in [9.17, 15) is 19.5 Å². The highest BCUT2D eigenvalue weighted by molar-refractivity contribution is 5.82. The standard InChI is InChI=1S/C20H30O6/c1-4-18(2,3)16(23)25-5-6-26-17(24)20-10-13-7-14(11-20)9-19(8-13,12-20)15(21)22/h13-14H,4-12H2,1-3H3,(H,21,22). The maximum absolute atomic E-state index is 12.8. The minimum Gasteiger partial charge on any atom is -0.481 e. The molecule has 4 bridgehead atoms. The van der Waals surface area contributed by atoms with Crippen LogP contribution in [0, 0.1) is 28.1 Å². The van der Waals surface area contributed by atoms with Crippen molar-refractivity contribution in [2.45, 2.75) is 65.7 Å². The van der Waals surface area contributed by atoms with Gasteiger partial charge in [0, 0.05) is 0 Å². The minimum atomic E-state index is -0.764. The zero-order valence-corrected chi connectivity index (χ0v) is 16.0. The summed E-state index contributed by atoms with van der Waals surface area (Å²) in [7, 11) is 0. The van der Waals surface area contributed by atoms with Gasteiger partial charge in [0.2, 0.25) is 0 Å². The van der Waals surface area contributed by atoms with Crippen molar-refractivity contribution < 1.29 is 29.0 Å². The van der Waals surface area contributed by atoms with Gasteiger partial charge in [0.1, 0.15) is 13.2 Å². The first-order valence-electron chi connectivity index (χ1n) is 9.70. The molecular formula is C20H30O6. The normalized spacial score (nSPS) is 35.2. The lowest BCUT2D eigenvalue weighted by molar-refractivity contribution is -0.192. The number of hydrogen-bond donors (Lipinski definition) is 1. The minimum absolute atomic E-state index is 0.0293. The average molecular weight is 366 g/mol. The molecule has 146 valence electrons. The molecule has 0 aromatic heterocycles. The van der Waals surface area contributed by atoms with Gasteiger partial charge < -0.3 is 14.6 Å². The molecule has 0 heterocycles. The second-order valence-corrected chi connectivity index (χ2v) is 9.34. The van der Waals surface area contributed by atoms with Crippen molar-refractivity contribution in [2.24, 2.45) is 28.1 Å². The van der Waals surface area contributed by atoms with Crippen molar-refractivity contribution in [1.82, 2.24) is 0 Å². The number of carbonyl (C=O) groups excluding carboxylic acids is 2. The van der Waals surface area contributed by atoms with Gasteiger partial charge in [-0.1, -0.05) is 6.92 Å². The molecule has 0 saturated heterocycles. The predicted octanol–water partition coefficient (Wildman–Crippen LogP) is 3.18. The Morgan fingerprint density at radius 2 is 1.54 bits per heavy atom. The van der Waals surface area contributed by atoms with E-state index in [0.29, 0.717) is 37.5 Å². The Kier molecular flexibility index (Phi) is 4.82. The largest absolute Gasteiger partial charge is 0.481 e. The van der Waals surface area contributed by atoms with Crippen LogP contribution in [0.2, 0.25) is 0 Å². The first kappa shape index (κ1) is 19.2. The number of carbonyl (C=O) groups is 3. The second kappa shape index (κ2) is 6.54. The Morgan fingerprint density at radius 3 is 2.08 bits per heavy atom. The highest BCUT2D eigenvalue weighted by Crippen LogP contribution is 2.65. The quantitative estimate of drug-likeness (QED) is 0.550. The van der Waals surface area contributed by atoms with Gasteiger partial charge in [0.15, 0.2) is 0 Å². The van der Waals surface area contributed by atoms with Crippen LogP contribution in [-0.2, 0) is 23.9 Å². The van der Waals surface area contributed by atoms with Crippen molar-refractivity contribution in [3.05, 3.63) is 0 Å². The highest BCUT2D eigenvalue weighted by atomic mass is 16.6. The molecule has 6 nitrogen and oxygen atoms in total. The summed E-state index contributed by atoms with van der Waals surface area (Å²) in [6, 6.07) is 0. The number of esters is 2. The monoisotopic (exact) mass is 366 g/mol. The summed E-state index contributed by atoms with van der Waals surface area (Å²) in [5, 5.41) is 9.74. The van der Waals surface area contributed by atoms with Crippen molar-refractivity contribution in [3.8, 4) is 0 Å². The summed E-state index contributed by atoms with van der Waals surface area (Å²) in [4.78, 5) is 36.6. The van der Waals surface area contributed by atoms with E-state index in [-0.39, 0.29) is 25.2 Å². The first-order chi connectivity index (χ1) is 12.1. The molecule has 6 heteroatoms. The van der Waals surface area contributed by atoms with E-state index in [1.54, 1.807) is 0 Å². The van der Waals surface area contributed by atoms with Crippen LogP contribution < -0.4 is 0 Å². The molecule has 4 saturated carbocycles. The zero-order chi connectivity index (χ0) is 19.2. The smallest absolute Gasteiger partial charge is 0.312 e. The third kappa shape index (κ3) is 3.23. The van der Waals surface area contributed by atoms with Crippen LogP contribution in [0.25, 0.3) is 0 Å². The van der Waals surface area contributed by atoms with E-state index >= 15 is 0 Å². The van der Waals surface area contributed by atoms with Crippen molar-refractivity contribution >= 4 is 17.9 Å². The van der Waals surface area contributed by atoms with Gasteiger partial charge in [-0.15, -0.1) is 0 Å². The van der Waals surface area contributed by atoms with Crippen LogP contribution in [0.3, 0.4) is 0 Å². The van der Waals surface area contributed by atoms with Gasteiger partial charge in [-0.3, -0.25) is 14.4 Å². The summed E-state index contributed by atoms with van der Waals surface area (Å²) in [6.45, 7) is 5.64. The van der Waals surface area contributed by atoms with Gasteiger partial charge in [0.25, 0.3) is 0 Å². The first-order valence-corrected chi connectivity index (χ1v) is 9.70. The van der Waals surface area contributed by atoms with Gasteiger partial charge in [-0.2, -0.15) is 0 Å². The van der Waals surface area contributed by atoms with E-state index in [1.807, 2.05) is 20.8 Å². The Labute approximate surface area is 154 Å². The molecule has 4 aliphatic rings. The Balaban J connectivity index is 1.57. The van der Waals surface area contributed by atoms with E-state index in [0.717, 1.165) is 19.3 Å². The summed E-state index contributed by atoms with van der Waals surface area (Å²) in [5.41, 5.74) is -1.95. The molecule has 4 aliphatic carbocycles. The number of carboxylic acids is 1. The fourth-order valence-corrected chi connectivity index (χ4v) is 5.51. The Bertz CT molecular complexity index is 593. The van der Waals surface area contributed by atoms with Crippen molar-refractivity contribution in [3.63, 3.8) is 0 Å².